The SMILES string of the molecule is CCCNCc1c(SCCCO)nc2ccccn12. The summed E-state index contributed by atoms with van der Waals surface area (Å²) in [7, 11) is 0. The molecule has 0 atom stereocenters. The number of fused-ring (bicyclic) bond motifs is 1. The molecule has 2 rings (SSSR count). The topological polar surface area (TPSA) is 49.6 Å². The minimum Gasteiger partial charge on any atom is -0.396 e. The fourth-order valence-corrected chi connectivity index (χ4v) is 2.88. The van der Waals surface area contributed by atoms with Crippen molar-refractivity contribution in [1.29, 1.82) is 0 Å². The number of nitrogens with zero attached hydrogens (tertiary/aromatic N) is 2. The van der Waals surface area contributed by atoms with Gasteiger partial charge in [-0.1, -0.05) is 13.0 Å². The van der Waals surface area contributed by atoms with Crippen molar-refractivity contribution in [2.24, 2.45) is 0 Å². The molecule has 2 heterocycles. The molecule has 5 heteroatoms. The first-order chi connectivity index (χ1) is 9.36. The van der Waals surface area contributed by atoms with E-state index >= 15 is 0 Å². The van der Waals surface area contributed by atoms with E-state index in [0.29, 0.717) is 0 Å². The molecule has 2 aromatic rings. The number of thioether (sulfide) groups is 1. The molecule has 0 amide bonds. The van der Waals surface area contributed by atoms with E-state index in [-0.39, 0.29) is 6.61 Å². The molecular weight excluding hydrogens is 258 g/mol. The second-order valence-corrected chi connectivity index (χ2v) is 5.48. The fourth-order valence-electron chi connectivity index (χ4n) is 1.92. The van der Waals surface area contributed by atoms with Crippen molar-refractivity contribution in [1.82, 2.24) is 14.7 Å². The number of imidazole rings is 1. The summed E-state index contributed by atoms with van der Waals surface area (Å²) >= 11 is 1.72. The maximum absolute atomic E-state index is 8.88. The molecule has 0 saturated carbocycles. The molecule has 0 spiro atoms. The highest BCUT2D eigenvalue weighted by molar-refractivity contribution is 7.99. The minimum atomic E-state index is 0.240. The van der Waals surface area contributed by atoms with E-state index in [2.05, 4.69) is 27.8 Å². The van der Waals surface area contributed by atoms with Crippen LogP contribution in [0.3, 0.4) is 0 Å². The molecule has 0 bridgehead atoms. The van der Waals surface area contributed by atoms with Crippen molar-refractivity contribution in [3.63, 3.8) is 0 Å². The Morgan fingerprint density at radius 2 is 2.32 bits per heavy atom. The van der Waals surface area contributed by atoms with Gasteiger partial charge < -0.3 is 14.8 Å². The first-order valence-corrected chi connectivity index (χ1v) is 7.75. The third-order valence-corrected chi connectivity index (χ3v) is 3.95. The number of hydrogen-bond donors (Lipinski definition) is 2. The summed E-state index contributed by atoms with van der Waals surface area (Å²) in [5, 5.41) is 13.4. The van der Waals surface area contributed by atoms with E-state index in [1.165, 1.54) is 5.69 Å². The molecule has 19 heavy (non-hydrogen) atoms. The maximum atomic E-state index is 8.88. The zero-order valence-electron chi connectivity index (χ0n) is 11.3. The van der Waals surface area contributed by atoms with Crippen LogP contribution in [-0.2, 0) is 6.54 Å². The summed E-state index contributed by atoms with van der Waals surface area (Å²) in [6.45, 7) is 4.25. The Morgan fingerprint density at radius 1 is 1.42 bits per heavy atom. The van der Waals surface area contributed by atoms with Gasteiger partial charge in [-0.2, -0.15) is 0 Å². The molecule has 0 radical (unpaired) electrons. The predicted octanol–water partition coefficient (Wildman–Crippen LogP) is 2.31. The molecule has 2 aromatic heterocycles. The number of aromatic nitrogens is 2. The third kappa shape index (κ3) is 3.72. The van der Waals surface area contributed by atoms with Crippen LogP contribution in [0.2, 0.25) is 0 Å². The Bertz CT molecular complexity index is 512. The van der Waals surface area contributed by atoms with Crippen LogP contribution in [0.4, 0.5) is 0 Å². The number of aliphatic hydroxyl groups excluding tert-OH is 1. The second kappa shape index (κ2) is 7.53. The fraction of sp³-hybridized carbons (Fsp3) is 0.500. The Labute approximate surface area is 118 Å². The summed E-state index contributed by atoms with van der Waals surface area (Å²) in [4.78, 5) is 4.67. The zero-order chi connectivity index (χ0) is 13.5. The van der Waals surface area contributed by atoms with Crippen LogP contribution in [0.15, 0.2) is 29.4 Å². The van der Waals surface area contributed by atoms with Crippen LogP contribution in [0.1, 0.15) is 25.5 Å². The van der Waals surface area contributed by atoms with E-state index in [1.54, 1.807) is 11.8 Å². The van der Waals surface area contributed by atoms with Crippen molar-refractivity contribution < 1.29 is 5.11 Å². The third-order valence-electron chi connectivity index (χ3n) is 2.85. The average Bonchev–Trinajstić information content (AvgIpc) is 2.78. The van der Waals surface area contributed by atoms with Gasteiger partial charge in [0, 0.05) is 25.1 Å². The van der Waals surface area contributed by atoms with Gasteiger partial charge in [-0.15, -0.1) is 11.8 Å². The highest BCUT2D eigenvalue weighted by atomic mass is 32.2. The van der Waals surface area contributed by atoms with Crippen LogP contribution >= 0.6 is 11.8 Å². The van der Waals surface area contributed by atoms with Gasteiger partial charge in [-0.3, -0.25) is 0 Å². The number of nitrogens with one attached hydrogen (secondary N) is 1. The van der Waals surface area contributed by atoms with Gasteiger partial charge >= 0.3 is 0 Å². The number of pyridine rings is 1. The van der Waals surface area contributed by atoms with Gasteiger partial charge in [0.25, 0.3) is 0 Å². The highest BCUT2D eigenvalue weighted by Crippen LogP contribution is 2.24. The van der Waals surface area contributed by atoms with E-state index in [4.69, 9.17) is 5.11 Å². The van der Waals surface area contributed by atoms with Crippen molar-refractivity contribution in [3.05, 3.63) is 30.1 Å². The molecule has 0 aliphatic carbocycles. The maximum Gasteiger partial charge on any atom is 0.138 e. The second-order valence-electron chi connectivity index (χ2n) is 4.39. The van der Waals surface area contributed by atoms with Crippen LogP contribution in [0.25, 0.3) is 5.65 Å². The summed E-state index contributed by atoms with van der Waals surface area (Å²) in [6, 6.07) is 6.06. The standard InChI is InChI=1S/C14H21N3OS/c1-2-7-15-11-12-14(19-10-5-9-18)16-13-6-3-4-8-17(12)13/h3-4,6,8,15,18H,2,5,7,9-11H2,1H3. The molecular formula is C14H21N3OS. The first-order valence-electron chi connectivity index (χ1n) is 6.77. The lowest BCUT2D eigenvalue weighted by Crippen LogP contribution is -2.15. The van der Waals surface area contributed by atoms with Gasteiger partial charge in [-0.05, 0) is 31.5 Å². The van der Waals surface area contributed by atoms with Crippen molar-refractivity contribution in [2.75, 3.05) is 18.9 Å². The first kappa shape index (κ1) is 14.4. The van der Waals surface area contributed by atoms with E-state index in [1.807, 2.05) is 18.2 Å². The van der Waals surface area contributed by atoms with Crippen molar-refractivity contribution >= 4 is 17.4 Å². The molecule has 2 N–H and O–H groups in total. The quantitative estimate of drug-likeness (QED) is 0.575. The smallest absolute Gasteiger partial charge is 0.138 e. The zero-order valence-corrected chi connectivity index (χ0v) is 12.1. The van der Waals surface area contributed by atoms with Gasteiger partial charge in [0.1, 0.15) is 10.7 Å². The van der Waals surface area contributed by atoms with Crippen LogP contribution in [0, 0.1) is 0 Å². The summed E-state index contributed by atoms with van der Waals surface area (Å²) in [5.74, 6) is 0.904. The minimum absolute atomic E-state index is 0.240. The largest absolute Gasteiger partial charge is 0.396 e. The van der Waals surface area contributed by atoms with E-state index in [9.17, 15) is 0 Å². The van der Waals surface area contributed by atoms with Crippen LogP contribution in [-0.4, -0.2) is 33.4 Å². The van der Waals surface area contributed by atoms with Crippen molar-refractivity contribution in [3.8, 4) is 0 Å². The highest BCUT2D eigenvalue weighted by Gasteiger charge is 2.11. The Morgan fingerprint density at radius 3 is 3.11 bits per heavy atom. The predicted molar refractivity (Wildman–Crippen MR) is 79.6 cm³/mol. The summed E-state index contributed by atoms with van der Waals surface area (Å²) in [5.41, 5.74) is 2.20. The number of hydrogen-bond acceptors (Lipinski definition) is 4. The van der Waals surface area contributed by atoms with Gasteiger partial charge in [0.05, 0.1) is 5.69 Å². The lowest BCUT2D eigenvalue weighted by molar-refractivity contribution is 0.296. The van der Waals surface area contributed by atoms with E-state index < -0.39 is 0 Å². The molecule has 104 valence electrons. The van der Waals surface area contributed by atoms with Gasteiger partial charge in [0.15, 0.2) is 0 Å². The lowest BCUT2D eigenvalue weighted by Gasteiger charge is -2.06. The molecule has 4 nitrogen and oxygen atoms in total. The molecule has 0 saturated heterocycles. The van der Waals surface area contributed by atoms with Crippen LogP contribution < -0.4 is 5.32 Å². The molecule has 0 unspecified atom stereocenters. The Balaban J connectivity index is 2.18. The van der Waals surface area contributed by atoms with Gasteiger partial charge in [0.2, 0.25) is 0 Å². The summed E-state index contributed by atoms with van der Waals surface area (Å²) in [6.07, 6.45) is 3.99. The molecule has 0 aliphatic rings. The normalized spacial score (nSPS) is 11.3. The summed E-state index contributed by atoms with van der Waals surface area (Å²) < 4.78 is 2.14. The molecule has 0 aliphatic heterocycles. The number of aliphatic hydroxyl groups is 1. The lowest BCUT2D eigenvalue weighted by atomic mass is 10.4. The average molecular weight is 279 g/mol. The molecule has 0 fully saturated rings. The monoisotopic (exact) mass is 279 g/mol. The number of rotatable bonds is 8. The molecule has 0 aromatic carbocycles. The van der Waals surface area contributed by atoms with Gasteiger partial charge in [-0.25, -0.2) is 4.98 Å². The van der Waals surface area contributed by atoms with Crippen molar-refractivity contribution in [2.45, 2.75) is 31.3 Å². The Hall–Kier alpha value is -1.04. The van der Waals surface area contributed by atoms with Crippen LogP contribution in [0.5, 0.6) is 0 Å². The van der Waals surface area contributed by atoms with E-state index in [0.717, 1.165) is 42.4 Å². The Kier molecular flexibility index (Phi) is 5.69.